The van der Waals surface area contributed by atoms with Crippen LogP contribution in [0.15, 0.2) is 30.5 Å². The average molecular weight is 386 g/mol. The number of anilines is 1. The number of nitrogens with zero attached hydrogens (tertiary/aromatic N) is 6. The Morgan fingerprint density at radius 2 is 2.04 bits per heavy atom. The molecule has 0 N–H and O–H groups in total. The maximum atomic E-state index is 14.7. The molecule has 0 spiro atoms. The summed E-state index contributed by atoms with van der Waals surface area (Å²) in [7, 11) is 1.67. The van der Waals surface area contributed by atoms with Crippen molar-refractivity contribution in [3.05, 3.63) is 42.1 Å². The number of hydrogen-bond acceptors (Lipinski definition) is 6. The van der Waals surface area contributed by atoms with Crippen LogP contribution in [-0.2, 0) is 11.8 Å². The second-order valence-corrected chi connectivity index (χ2v) is 6.34. The molecule has 1 amide bonds. The molecule has 1 atom stereocenters. The number of tetrazole rings is 1. The number of ether oxygens (including phenoxy) is 1. The normalized spacial score (nSPS) is 16.5. The maximum absolute atomic E-state index is 14.7. The van der Waals surface area contributed by atoms with Crippen LogP contribution in [0.2, 0.25) is 0 Å². The lowest BCUT2D eigenvalue weighted by Gasteiger charge is -2.15. The molecule has 28 heavy (non-hydrogen) atoms. The van der Waals surface area contributed by atoms with Crippen LogP contribution < -0.4 is 4.90 Å². The number of carbonyl (C=O) groups excluding carboxylic acids is 1. The minimum Gasteiger partial charge on any atom is -0.444 e. The predicted octanol–water partition coefficient (Wildman–Crippen LogP) is 2.95. The molecular formula is C18H16F2N6O2. The lowest BCUT2D eigenvalue weighted by atomic mass is 10.1. The van der Waals surface area contributed by atoms with E-state index in [0.717, 1.165) is 4.90 Å². The highest BCUT2D eigenvalue weighted by atomic mass is 19.2. The van der Waals surface area contributed by atoms with Gasteiger partial charge in [0.25, 0.3) is 0 Å². The molecule has 1 aromatic carbocycles. The van der Waals surface area contributed by atoms with E-state index in [1.807, 2.05) is 6.92 Å². The lowest BCUT2D eigenvalue weighted by molar-refractivity contribution is 0.139. The van der Waals surface area contributed by atoms with Crippen LogP contribution in [0.25, 0.3) is 22.6 Å². The fraction of sp³-hybridized carbons (Fsp3) is 0.278. The monoisotopic (exact) mass is 386 g/mol. The molecule has 1 aliphatic rings. The summed E-state index contributed by atoms with van der Waals surface area (Å²) in [5, 5.41) is 11.1. The molecule has 0 aliphatic carbocycles. The van der Waals surface area contributed by atoms with Crippen molar-refractivity contribution < 1.29 is 18.3 Å². The topological polar surface area (TPSA) is 86.0 Å². The highest BCUT2D eigenvalue weighted by Gasteiger charge is 2.34. The summed E-state index contributed by atoms with van der Waals surface area (Å²) in [5.74, 6) is -1.71. The summed E-state index contributed by atoms with van der Waals surface area (Å²) in [6, 6.07) is 6.01. The number of hydrogen-bond donors (Lipinski definition) is 0. The Morgan fingerprint density at radius 3 is 2.64 bits per heavy atom. The first-order chi connectivity index (χ1) is 13.5. The average Bonchev–Trinajstić information content (AvgIpc) is 3.29. The molecule has 3 heterocycles. The molecule has 1 saturated heterocycles. The zero-order chi connectivity index (χ0) is 19.8. The maximum Gasteiger partial charge on any atom is 0.414 e. The number of carbonyl (C=O) groups is 1. The molecule has 4 rings (SSSR count). The number of amides is 1. The Labute approximate surface area is 158 Å². The van der Waals surface area contributed by atoms with Gasteiger partial charge in [-0.1, -0.05) is 13.0 Å². The molecule has 1 fully saturated rings. The summed E-state index contributed by atoms with van der Waals surface area (Å²) in [4.78, 5) is 17.3. The standard InChI is InChI=1S/C18H16F2N6O2/c1-3-11-9-26(18(27)28-11)14-7-5-12(15(19)16(14)20)10-4-6-13(21-8-10)17-22-23-24-25(17)2/h4-8,11H,3,9H2,1-2H3/t11-/m0/s1. The SMILES string of the molecule is CC[C@H]1CN(c2ccc(-c3ccc(-c4nnnn4C)nc3)c(F)c2F)C(=O)O1. The van der Waals surface area contributed by atoms with Crippen molar-refractivity contribution in [3.8, 4) is 22.6 Å². The van der Waals surface area contributed by atoms with Gasteiger partial charge in [-0.05, 0) is 35.0 Å². The summed E-state index contributed by atoms with van der Waals surface area (Å²) in [6.45, 7) is 2.04. The van der Waals surface area contributed by atoms with Crippen molar-refractivity contribution in [1.82, 2.24) is 25.2 Å². The lowest BCUT2D eigenvalue weighted by Crippen LogP contribution is -2.25. The third-order valence-electron chi connectivity index (χ3n) is 4.61. The molecule has 0 saturated carbocycles. The number of cyclic esters (lactones) is 1. The van der Waals surface area contributed by atoms with Crippen molar-refractivity contribution in [3.63, 3.8) is 0 Å². The van der Waals surface area contributed by atoms with Crippen LogP contribution in [-0.4, -0.2) is 43.9 Å². The molecule has 10 heteroatoms. The van der Waals surface area contributed by atoms with Crippen LogP contribution in [0.4, 0.5) is 19.3 Å². The Bertz CT molecular complexity index is 1040. The van der Waals surface area contributed by atoms with Crippen LogP contribution in [0, 0.1) is 11.6 Å². The van der Waals surface area contributed by atoms with E-state index in [-0.39, 0.29) is 23.9 Å². The van der Waals surface area contributed by atoms with E-state index in [4.69, 9.17) is 4.74 Å². The van der Waals surface area contributed by atoms with E-state index >= 15 is 0 Å². The minimum atomic E-state index is -1.10. The van der Waals surface area contributed by atoms with Crippen LogP contribution >= 0.6 is 0 Å². The van der Waals surface area contributed by atoms with E-state index < -0.39 is 17.7 Å². The van der Waals surface area contributed by atoms with Crippen LogP contribution in [0.3, 0.4) is 0 Å². The highest BCUT2D eigenvalue weighted by molar-refractivity contribution is 5.90. The van der Waals surface area contributed by atoms with Gasteiger partial charge in [0.15, 0.2) is 17.5 Å². The third-order valence-corrected chi connectivity index (χ3v) is 4.61. The second kappa shape index (κ2) is 6.95. The first-order valence-electron chi connectivity index (χ1n) is 8.65. The summed E-state index contributed by atoms with van der Waals surface area (Å²) in [6.07, 6.45) is 1.00. The number of rotatable bonds is 4. The number of halogens is 2. The number of pyridine rings is 1. The van der Waals surface area contributed by atoms with E-state index in [9.17, 15) is 13.6 Å². The largest absolute Gasteiger partial charge is 0.444 e. The van der Waals surface area contributed by atoms with Gasteiger partial charge < -0.3 is 4.74 Å². The van der Waals surface area contributed by atoms with Gasteiger partial charge in [0, 0.05) is 24.4 Å². The number of aryl methyl sites for hydroxylation is 1. The molecule has 2 aromatic heterocycles. The minimum absolute atomic E-state index is 0.0380. The third kappa shape index (κ3) is 2.96. The van der Waals surface area contributed by atoms with Crippen molar-refractivity contribution in [2.75, 3.05) is 11.4 Å². The zero-order valence-electron chi connectivity index (χ0n) is 15.1. The van der Waals surface area contributed by atoms with Gasteiger partial charge in [0.2, 0.25) is 0 Å². The van der Waals surface area contributed by atoms with E-state index in [0.29, 0.717) is 23.5 Å². The van der Waals surface area contributed by atoms with Crippen molar-refractivity contribution >= 4 is 11.8 Å². The van der Waals surface area contributed by atoms with Crippen molar-refractivity contribution in [2.24, 2.45) is 7.05 Å². The molecule has 8 nitrogen and oxygen atoms in total. The summed E-state index contributed by atoms with van der Waals surface area (Å²) >= 11 is 0. The zero-order valence-corrected chi connectivity index (χ0v) is 15.1. The molecular weight excluding hydrogens is 370 g/mol. The number of aromatic nitrogens is 5. The fourth-order valence-corrected chi connectivity index (χ4v) is 3.03. The Morgan fingerprint density at radius 1 is 1.21 bits per heavy atom. The van der Waals surface area contributed by atoms with Crippen LogP contribution in [0.5, 0.6) is 0 Å². The predicted molar refractivity (Wildman–Crippen MR) is 95.3 cm³/mol. The smallest absolute Gasteiger partial charge is 0.414 e. The molecule has 3 aromatic rings. The molecule has 144 valence electrons. The highest BCUT2D eigenvalue weighted by Crippen LogP contribution is 2.33. The first-order valence-corrected chi connectivity index (χ1v) is 8.65. The second-order valence-electron chi connectivity index (χ2n) is 6.34. The van der Waals surface area contributed by atoms with Crippen molar-refractivity contribution in [1.29, 1.82) is 0 Å². The Balaban J connectivity index is 1.65. The molecule has 1 aliphatic heterocycles. The van der Waals surface area contributed by atoms with Gasteiger partial charge in [0.05, 0.1) is 12.2 Å². The molecule has 0 radical (unpaired) electrons. The van der Waals surface area contributed by atoms with Gasteiger partial charge in [-0.3, -0.25) is 9.88 Å². The molecule has 0 unspecified atom stereocenters. The van der Waals surface area contributed by atoms with Gasteiger partial charge in [-0.2, -0.15) is 0 Å². The van der Waals surface area contributed by atoms with E-state index in [1.54, 1.807) is 19.2 Å². The van der Waals surface area contributed by atoms with Crippen LogP contribution in [0.1, 0.15) is 13.3 Å². The fourth-order valence-electron chi connectivity index (χ4n) is 3.03. The first kappa shape index (κ1) is 18.0. The molecule has 0 bridgehead atoms. The van der Waals surface area contributed by atoms with Gasteiger partial charge in [0.1, 0.15) is 11.8 Å². The quantitative estimate of drug-likeness (QED) is 0.685. The Hall–Kier alpha value is -3.43. The Kier molecular flexibility index (Phi) is 4.46. The van der Waals surface area contributed by atoms with Gasteiger partial charge in [-0.15, -0.1) is 5.10 Å². The van der Waals surface area contributed by atoms with E-state index in [1.165, 1.54) is 23.0 Å². The van der Waals surface area contributed by atoms with Gasteiger partial charge >= 0.3 is 6.09 Å². The summed E-state index contributed by atoms with van der Waals surface area (Å²) < 4.78 is 36.0. The van der Waals surface area contributed by atoms with E-state index in [2.05, 4.69) is 20.5 Å². The summed E-state index contributed by atoms with van der Waals surface area (Å²) in [5.41, 5.74) is 0.782. The number of benzene rings is 1. The van der Waals surface area contributed by atoms with Crippen molar-refractivity contribution in [2.45, 2.75) is 19.4 Å². The van der Waals surface area contributed by atoms with Gasteiger partial charge in [-0.25, -0.2) is 18.3 Å².